The third kappa shape index (κ3) is 4.47. The summed E-state index contributed by atoms with van der Waals surface area (Å²) in [6, 6.07) is 10.7. The van der Waals surface area contributed by atoms with E-state index < -0.39 is 11.6 Å². The fraction of sp³-hybridized carbons (Fsp3) is 0.333. The highest BCUT2D eigenvalue weighted by Crippen LogP contribution is 2.19. The number of carbonyl (C=O) groups excluding carboxylic acids is 2. The number of rotatable bonds is 5. The molecule has 1 aliphatic rings. The number of methoxy groups -OCH3 is 1. The molecule has 148 valence electrons. The molecule has 5 nitrogen and oxygen atoms in total. The average molecular weight is 388 g/mol. The normalized spacial score (nSPS) is 14.1. The predicted molar refractivity (Wildman–Crippen MR) is 100 cm³/mol. The van der Waals surface area contributed by atoms with Crippen LogP contribution in [0.3, 0.4) is 0 Å². The largest absolute Gasteiger partial charge is 0.496 e. The highest BCUT2D eigenvalue weighted by atomic mass is 19.2. The number of amides is 2. The van der Waals surface area contributed by atoms with Crippen molar-refractivity contribution in [3.63, 3.8) is 0 Å². The van der Waals surface area contributed by atoms with Gasteiger partial charge in [-0.3, -0.25) is 9.59 Å². The lowest BCUT2D eigenvalue weighted by atomic mass is 10.1. The number of benzene rings is 2. The molecule has 1 fully saturated rings. The smallest absolute Gasteiger partial charge is 0.254 e. The van der Waals surface area contributed by atoms with Crippen molar-refractivity contribution >= 4 is 11.8 Å². The first-order valence-electron chi connectivity index (χ1n) is 9.13. The van der Waals surface area contributed by atoms with Crippen LogP contribution in [0.15, 0.2) is 42.5 Å². The Balaban J connectivity index is 1.52. The molecule has 0 spiro atoms. The number of hydrogen-bond donors (Lipinski definition) is 0. The van der Waals surface area contributed by atoms with Crippen molar-refractivity contribution < 1.29 is 23.1 Å². The van der Waals surface area contributed by atoms with E-state index in [1.54, 1.807) is 16.9 Å². The van der Waals surface area contributed by atoms with Gasteiger partial charge in [0.05, 0.1) is 7.11 Å². The lowest BCUT2D eigenvalue weighted by Crippen LogP contribution is -2.50. The SMILES string of the molecule is COc1ccccc1CCC(=O)N1CCN(C(=O)c2ccc(F)c(F)c2)CC1. The highest BCUT2D eigenvalue weighted by Gasteiger charge is 2.25. The number of carbonyl (C=O) groups is 2. The first-order chi connectivity index (χ1) is 13.5. The van der Waals surface area contributed by atoms with Crippen molar-refractivity contribution in [3.05, 3.63) is 65.2 Å². The molecule has 1 heterocycles. The number of aryl methyl sites for hydroxylation is 1. The van der Waals surface area contributed by atoms with E-state index in [0.29, 0.717) is 39.0 Å². The number of piperazine rings is 1. The van der Waals surface area contributed by atoms with Crippen molar-refractivity contribution in [1.29, 1.82) is 0 Å². The summed E-state index contributed by atoms with van der Waals surface area (Å²) < 4.78 is 31.7. The number of ether oxygens (including phenoxy) is 1. The molecule has 0 aromatic heterocycles. The van der Waals surface area contributed by atoms with Crippen LogP contribution in [0.25, 0.3) is 0 Å². The fourth-order valence-corrected chi connectivity index (χ4v) is 3.28. The van der Waals surface area contributed by atoms with Gasteiger partial charge in [-0.05, 0) is 36.2 Å². The zero-order valence-corrected chi connectivity index (χ0v) is 15.7. The number of nitrogens with zero attached hydrogens (tertiary/aromatic N) is 2. The Morgan fingerprint density at radius 2 is 1.64 bits per heavy atom. The van der Waals surface area contributed by atoms with Crippen LogP contribution in [0, 0.1) is 11.6 Å². The minimum absolute atomic E-state index is 0.0193. The molecule has 1 aliphatic heterocycles. The first kappa shape index (κ1) is 19.8. The fourth-order valence-electron chi connectivity index (χ4n) is 3.28. The standard InChI is InChI=1S/C21H22F2N2O3/c1-28-19-5-3-2-4-15(19)7-9-20(26)24-10-12-25(13-11-24)21(27)16-6-8-17(22)18(23)14-16/h2-6,8,14H,7,9-13H2,1H3. The van der Waals surface area contributed by atoms with Crippen LogP contribution >= 0.6 is 0 Å². The molecule has 2 aromatic rings. The lowest BCUT2D eigenvalue weighted by molar-refractivity contribution is -0.132. The second-order valence-corrected chi connectivity index (χ2v) is 6.61. The van der Waals surface area contributed by atoms with E-state index in [1.807, 2.05) is 24.3 Å². The molecule has 1 saturated heterocycles. The summed E-state index contributed by atoms with van der Waals surface area (Å²) in [5, 5.41) is 0. The molecule has 28 heavy (non-hydrogen) atoms. The maximum atomic E-state index is 13.3. The third-order valence-corrected chi connectivity index (χ3v) is 4.89. The van der Waals surface area contributed by atoms with Crippen LogP contribution in [0.5, 0.6) is 5.75 Å². The van der Waals surface area contributed by atoms with Crippen LogP contribution in [0.4, 0.5) is 8.78 Å². The molecule has 0 unspecified atom stereocenters. The van der Waals surface area contributed by atoms with Gasteiger partial charge in [0.15, 0.2) is 11.6 Å². The first-order valence-corrected chi connectivity index (χ1v) is 9.13. The molecule has 0 saturated carbocycles. The number of halogens is 2. The van der Waals surface area contributed by atoms with E-state index in [9.17, 15) is 18.4 Å². The average Bonchev–Trinajstić information content (AvgIpc) is 2.73. The van der Waals surface area contributed by atoms with Crippen LogP contribution in [-0.2, 0) is 11.2 Å². The van der Waals surface area contributed by atoms with Crippen molar-refractivity contribution in [3.8, 4) is 5.75 Å². The topological polar surface area (TPSA) is 49.9 Å². The zero-order chi connectivity index (χ0) is 20.1. The molecule has 2 amide bonds. The Morgan fingerprint density at radius 1 is 0.964 bits per heavy atom. The minimum atomic E-state index is -1.05. The number of para-hydroxylation sites is 1. The Hall–Kier alpha value is -2.96. The Labute approximate surface area is 162 Å². The van der Waals surface area contributed by atoms with Crippen LogP contribution in [-0.4, -0.2) is 54.9 Å². The Kier molecular flexibility index (Phi) is 6.23. The van der Waals surface area contributed by atoms with E-state index in [0.717, 1.165) is 23.4 Å². The Bertz CT molecular complexity index is 864. The van der Waals surface area contributed by atoms with Crippen LogP contribution in [0.1, 0.15) is 22.3 Å². The van der Waals surface area contributed by atoms with Crippen molar-refractivity contribution in [2.45, 2.75) is 12.8 Å². The van der Waals surface area contributed by atoms with E-state index in [1.165, 1.54) is 6.07 Å². The van der Waals surface area contributed by atoms with E-state index in [2.05, 4.69) is 0 Å². The summed E-state index contributed by atoms with van der Waals surface area (Å²) in [6.07, 6.45) is 0.939. The van der Waals surface area contributed by atoms with Gasteiger partial charge in [0.25, 0.3) is 5.91 Å². The summed E-state index contributed by atoms with van der Waals surface area (Å²) >= 11 is 0. The molecular weight excluding hydrogens is 366 g/mol. The zero-order valence-electron chi connectivity index (χ0n) is 15.7. The third-order valence-electron chi connectivity index (χ3n) is 4.89. The second kappa shape index (κ2) is 8.82. The van der Waals surface area contributed by atoms with Crippen LogP contribution < -0.4 is 4.74 Å². The van der Waals surface area contributed by atoms with Gasteiger partial charge < -0.3 is 14.5 Å². The predicted octanol–water partition coefficient (Wildman–Crippen LogP) is 2.89. The summed E-state index contributed by atoms with van der Waals surface area (Å²) in [5.74, 6) is -1.61. The summed E-state index contributed by atoms with van der Waals surface area (Å²) in [7, 11) is 1.60. The molecule has 7 heteroatoms. The van der Waals surface area contributed by atoms with Crippen molar-refractivity contribution in [2.75, 3.05) is 33.3 Å². The number of hydrogen-bond acceptors (Lipinski definition) is 3. The Morgan fingerprint density at radius 3 is 2.32 bits per heavy atom. The van der Waals surface area contributed by atoms with Crippen molar-refractivity contribution in [1.82, 2.24) is 9.80 Å². The molecule has 0 aliphatic carbocycles. The van der Waals surface area contributed by atoms with Crippen LogP contribution in [0.2, 0.25) is 0 Å². The van der Waals surface area contributed by atoms with Gasteiger partial charge in [0.1, 0.15) is 5.75 Å². The summed E-state index contributed by atoms with van der Waals surface area (Å²) in [6.45, 7) is 1.55. The second-order valence-electron chi connectivity index (χ2n) is 6.61. The summed E-state index contributed by atoms with van der Waals surface area (Å²) in [4.78, 5) is 28.2. The molecule has 0 N–H and O–H groups in total. The molecule has 2 aromatic carbocycles. The van der Waals surface area contributed by atoms with Gasteiger partial charge in [-0.15, -0.1) is 0 Å². The van der Waals surface area contributed by atoms with Gasteiger partial charge in [0, 0.05) is 38.2 Å². The summed E-state index contributed by atoms with van der Waals surface area (Å²) in [5.41, 5.74) is 1.08. The molecule has 0 radical (unpaired) electrons. The molecule has 3 rings (SSSR count). The van der Waals surface area contributed by atoms with Gasteiger partial charge in [0.2, 0.25) is 5.91 Å². The van der Waals surface area contributed by atoms with E-state index in [4.69, 9.17) is 4.74 Å². The van der Waals surface area contributed by atoms with Gasteiger partial charge >= 0.3 is 0 Å². The maximum absolute atomic E-state index is 13.3. The quantitative estimate of drug-likeness (QED) is 0.792. The van der Waals surface area contributed by atoms with Gasteiger partial charge in [-0.2, -0.15) is 0 Å². The lowest BCUT2D eigenvalue weighted by Gasteiger charge is -2.35. The van der Waals surface area contributed by atoms with E-state index in [-0.39, 0.29) is 17.4 Å². The maximum Gasteiger partial charge on any atom is 0.254 e. The molecule has 0 bridgehead atoms. The van der Waals surface area contributed by atoms with E-state index >= 15 is 0 Å². The van der Waals surface area contributed by atoms with Crippen molar-refractivity contribution in [2.24, 2.45) is 0 Å². The monoisotopic (exact) mass is 388 g/mol. The molecular formula is C21H22F2N2O3. The van der Waals surface area contributed by atoms with Gasteiger partial charge in [-0.1, -0.05) is 18.2 Å². The highest BCUT2D eigenvalue weighted by molar-refractivity contribution is 5.94. The van der Waals surface area contributed by atoms with Gasteiger partial charge in [-0.25, -0.2) is 8.78 Å². The molecule has 0 atom stereocenters. The minimum Gasteiger partial charge on any atom is -0.496 e.